The summed E-state index contributed by atoms with van der Waals surface area (Å²) in [5.41, 5.74) is 3.86. The number of methoxy groups -OCH3 is 1. The fourth-order valence-electron chi connectivity index (χ4n) is 4.04. The topological polar surface area (TPSA) is 64.1 Å². The van der Waals surface area contributed by atoms with Gasteiger partial charge in [-0.15, -0.1) is 0 Å². The Bertz CT molecular complexity index is 974. The van der Waals surface area contributed by atoms with Crippen molar-refractivity contribution in [2.24, 2.45) is 0 Å². The molecule has 142 valence electrons. The van der Waals surface area contributed by atoms with Crippen LogP contribution < -0.4 is 10.1 Å². The van der Waals surface area contributed by atoms with Gasteiger partial charge in [0.25, 0.3) is 5.91 Å². The molecule has 4 rings (SSSR count). The van der Waals surface area contributed by atoms with Crippen molar-refractivity contribution in [3.8, 4) is 5.75 Å². The van der Waals surface area contributed by atoms with E-state index in [0.717, 1.165) is 30.5 Å². The van der Waals surface area contributed by atoms with E-state index in [2.05, 4.69) is 39.6 Å². The molecule has 1 unspecified atom stereocenters. The van der Waals surface area contributed by atoms with Gasteiger partial charge in [-0.1, -0.05) is 42.5 Å². The Balaban J connectivity index is 1.62. The highest BCUT2D eigenvalue weighted by molar-refractivity contribution is 5.97. The minimum absolute atomic E-state index is 0.122. The molecule has 5 nitrogen and oxygen atoms in total. The van der Waals surface area contributed by atoms with Crippen LogP contribution in [0.3, 0.4) is 0 Å². The van der Waals surface area contributed by atoms with E-state index < -0.39 is 0 Å². The number of hydrogen-bond acceptors (Lipinski definition) is 4. The van der Waals surface area contributed by atoms with Gasteiger partial charge in [0.05, 0.1) is 12.7 Å². The van der Waals surface area contributed by atoms with Gasteiger partial charge >= 0.3 is 0 Å². The minimum atomic E-state index is -0.184. The first-order valence-corrected chi connectivity index (χ1v) is 9.46. The Labute approximate surface area is 164 Å². The van der Waals surface area contributed by atoms with E-state index in [1.807, 2.05) is 24.4 Å². The number of nitrogens with zero attached hydrogens (tertiary/aromatic N) is 2. The molecule has 0 saturated carbocycles. The third kappa shape index (κ3) is 3.48. The Kier molecular flexibility index (Phi) is 5.06. The molecule has 0 fully saturated rings. The molecule has 1 amide bonds. The van der Waals surface area contributed by atoms with E-state index in [0.29, 0.717) is 17.9 Å². The van der Waals surface area contributed by atoms with Crippen molar-refractivity contribution >= 4 is 5.91 Å². The smallest absolute Gasteiger partial charge is 0.255 e. The molecule has 28 heavy (non-hydrogen) atoms. The standard InChI is InChI=1S/C23H23N3O2/c1-28-21-10-6-5-9-19(21)22(27)25-15-23(18-7-3-2-4-8-18)12-11-20-17(13-23)14-24-16-26-20/h2-10,14,16H,11-13,15H2,1H3,(H,25,27). The zero-order chi connectivity index (χ0) is 19.4. The lowest BCUT2D eigenvalue weighted by Crippen LogP contribution is -2.45. The number of aromatic nitrogens is 2. The summed E-state index contributed by atoms with van der Waals surface area (Å²) in [5, 5.41) is 3.15. The zero-order valence-corrected chi connectivity index (χ0v) is 15.9. The first-order chi connectivity index (χ1) is 13.7. The molecule has 0 bridgehead atoms. The summed E-state index contributed by atoms with van der Waals surface area (Å²) in [6.45, 7) is 0.544. The van der Waals surface area contributed by atoms with Crippen molar-refractivity contribution in [3.05, 3.63) is 89.5 Å². The van der Waals surface area contributed by atoms with Gasteiger partial charge in [0.2, 0.25) is 0 Å². The number of nitrogens with one attached hydrogen (secondary N) is 1. The number of rotatable bonds is 5. The third-order valence-corrected chi connectivity index (χ3v) is 5.58. The van der Waals surface area contributed by atoms with Gasteiger partial charge in [-0.25, -0.2) is 9.97 Å². The van der Waals surface area contributed by atoms with Crippen LogP contribution in [0.5, 0.6) is 5.75 Å². The van der Waals surface area contributed by atoms with Crippen LogP contribution in [0, 0.1) is 0 Å². The maximum atomic E-state index is 12.9. The Morgan fingerprint density at radius 3 is 2.75 bits per heavy atom. The number of fused-ring (bicyclic) bond motifs is 1. The fraction of sp³-hybridized carbons (Fsp3) is 0.261. The molecule has 1 aromatic heterocycles. The molecule has 5 heteroatoms. The summed E-state index contributed by atoms with van der Waals surface area (Å²) in [7, 11) is 1.58. The van der Waals surface area contributed by atoms with Crippen molar-refractivity contribution in [2.75, 3.05) is 13.7 Å². The summed E-state index contributed by atoms with van der Waals surface area (Å²) >= 11 is 0. The lowest BCUT2D eigenvalue weighted by atomic mass is 9.68. The summed E-state index contributed by atoms with van der Waals surface area (Å²) in [5.74, 6) is 0.457. The number of benzene rings is 2. The molecule has 1 aliphatic carbocycles. The second-order valence-electron chi connectivity index (χ2n) is 7.20. The van der Waals surface area contributed by atoms with Crippen molar-refractivity contribution in [3.63, 3.8) is 0 Å². The van der Waals surface area contributed by atoms with E-state index in [1.165, 1.54) is 5.56 Å². The number of aryl methyl sites for hydroxylation is 1. The quantitative estimate of drug-likeness (QED) is 0.745. The highest BCUT2D eigenvalue weighted by Gasteiger charge is 2.37. The molecule has 1 heterocycles. The van der Waals surface area contributed by atoms with E-state index in [-0.39, 0.29) is 11.3 Å². The maximum absolute atomic E-state index is 12.9. The van der Waals surface area contributed by atoms with E-state index in [4.69, 9.17) is 4.74 Å². The summed E-state index contributed by atoms with van der Waals surface area (Å²) in [4.78, 5) is 21.5. The lowest BCUT2D eigenvalue weighted by Gasteiger charge is -2.38. The number of ether oxygens (including phenoxy) is 1. The number of carbonyl (C=O) groups is 1. The van der Waals surface area contributed by atoms with E-state index in [1.54, 1.807) is 25.6 Å². The minimum Gasteiger partial charge on any atom is -0.496 e. The normalized spacial score (nSPS) is 18.2. The van der Waals surface area contributed by atoms with Crippen molar-refractivity contribution < 1.29 is 9.53 Å². The van der Waals surface area contributed by atoms with Gasteiger partial charge in [-0.3, -0.25) is 4.79 Å². The van der Waals surface area contributed by atoms with Crippen LogP contribution in [-0.2, 0) is 18.3 Å². The predicted molar refractivity (Wildman–Crippen MR) is 108 cm³/mol. The third-order valence-electron chi connectivity index (χ3n) is 5.58. The molecule has 2 aromatic carbocycles. The van der Waals surface area contributed by atoms with Crippen LogP contribution in [0.4, 0.5) is 0 Å². The average molecular weight is 373 g/mol. The molecule has 0 aliphatic heterocycles. The van der Waals surface area contributed by atoms with Gasteiger partial charge in [0, 0.05) is 23.9 Å². The van der Waals surface area contributed by atoms with Crippen molar-refractivity contribution in [1.82, 2.24) is 15.3 Å². The molecular formula is C23H23N3O2. The van der Waals surface area contributed by atoms with Crippen molar-refractivity contribution in [2.45, 2.75) is 24.7 Å². The number of amides is 1. The summed E-state index contributed by atoms with van der Waals surface area (Å²) < 4.78 is 5.34. The molecule has 1 aliphatic rings. The van der Waals surface area contributed by atoms with E-state index in [9.17, 15) is 4.79 Å². The molecule has 1 atom stereocenters. The maximum Gasteiger partial charge on any atom is 0.255 e. The molecule has 1 N–H and O–H groups in total. The zero-order valence-electron chi connectivity index (χ0n) is 15.9. The van der Waals surface area contributed by atoms with Crippen LogP contribution in [-0.4, -0.2) is 29.5 Å². The summed E-state index contributed by atoms with van der Waals surface area (Å²) in [6.07, 6.45) is 6.11. The Morgan fingerprint density at radius 1 is 1.14 bits per heavy atom. The van der Waals surface area contributed by atoms with Gasteiger partial charge < -0.3 is 10.1 Å². The fourth-order valence-corrected chi connectivity index (χ4v) is 4.04. The Hall–Kier alpha value is -3.21. The first kappa shape index (κ1) is 18.2. The molecule has 0 radical (unpaired) electrons. The van der Waals surface area contributed by atoms with Gasteiger partial charge in [0.15, 0.2) is 0 Å². The SMILES string of the molecule is COc1ccccc1C(=O)NCC1(c2ccccc2)CCc2ncncc2C1. The van der Waals surface area contributed by atoms with Gasteiger partial charge in [0.1, 0.15) is 12.1 Å². The monoisotopic (exact) mass is 373 g/mol. The molecule has 3 aromatic rings. The second kappa shape index (κ2) is 7.80. The van der Waals surface area contributed by atoms with Crippen LogP contribution in [0.1, 0.15) is 33.6 Å². The summed E-state index contributed by atoms with van der Waals surface area (Å²) in [6, 6.07) is 17.7. The largest absolute Gasteiger partial charge is 0.496 e. The number of hydrogen-bond donors (Lipinski definition) is 1. The highest BCUT2D eigenvalue weighted by atomic mass is 16.5. The van der Waals surface area contributed by atoms with E-state index >= 15 is 0 Å². The van der Waals surface area contributed by atoms with Crippen LogP contribution in [0.2, 0.25) is 0 Å². The predicted octanol–water partition coefficient (Wildman–Crippen LogP) is 3.34. The molecule has 0 spiro atoms. The first-order valence-electron chi connectivity index (χ1n) is 9.46. The Morgan fingerprint density at radius 2 is 1.93 bits per heavy atom. The highest BCUT2D eigenvalue weighted by Crippen LogP contribution is 2.37. The van der Waals surface area contributed by atoms with Crippen LogP contribution in [0.15, 0.2) is 67.1 Å². The van der Waals surface area contributed by atoms with Gasteiger partial charge in [-0.05, 0) is 42.5 Å². The van der Waals surface area contributed by atoms with Crippen LogP contribution >= 0.6 is 0 Å². The average Bonchev–Trinajstić information content (AvgIpc) is 2.78. The molecule has 0 saturated heterocycles. The van der Waals surface area contributed by atoms with Crippen LogP contribution in [0.25, 0.3) is 0 Å². The van der Waals surface area contributed by atoms with Crippen molar-refractivity contribution in [1.29, 1.82) is 0 Å². The molecular weight excluding hydrogens is 350 g/mol. The number of para-hydroxylation sites is 1. The number of carbonyl (C=O) groups excluding carboxylic acids is 1. The lowest BCUT2D eigenvalue weighted by molar-refractivity contribution is 0.0937. The second-order valence-corrected chi connectivity index (χ2v) is 7.20. The van der Waals surface area contributed by atoms with Gasteiger partial charge in [-0.2, -0.15) is 0 Å².